The molecule has 0 aliphatic carbocycles. The van der Waals surface area contributed by atoms with Crippen LogP contribution in [-0.4, -0.2) is 79.3 Å². The lowest BCUT2D eigenvalue weighted by atomic mass is 10.0. The van der Waals surface area contributed by atoms with E-state index in [9.17, 15) is 9.90 Å². The fraction of sp³-hybridized carbons (Fsp3) is 0.476. The minimum atomic E-state index is -0.0358. The van der Waals surface area contributed by atoms with E-state index in [2.05, 4.69) is 15.1 Å². The van der Waals surface area contributed by atoms with E-state index >= 15 is 0 Å². The van der Waals surface area contributed by atoms with E-state index in [1.54, 1.807) is 12.1 Å². The molecule has 144 valence electrons. The van der Waals surface area contributed by atoms with Gasteiger partial charge in [-0.2, -0.15) is 0 Å². The molecule has 1 amide bonds. The highest BCUT2D eigenvalue weighted by Gasteiger charge is 2.25. The second kappa shape index (κ2) is 8.25. The normalized spacial score (nSPS) is 21.6. The Labute approximate surface area is 159 Å². The van der Waals surface area contributed by atoms with Crippen molar-refractivity contribution in [3.05, 3.63) is 42.0 Å². The van der Waals surface area contributed by atoms with Crippen LogP contribution in [0.25, 0.3) is 10.8 Å². The largest absolute Gasteiger partial charge is 0.508 e. The summed E-state index contributed by atoms with van der Waals surface area (Å²) in [4.78, 5) is 17.7. The number of phenols is 1. The monoisotopic (exact) mass is 369 g/mol. The minimum absolute atomic E-state index is 0.0358. The van der Waals surface area contributed by atoms with Crippen LogP contribution in [0.5, 0.6) is 5.75 Å². The number of carbonyl (C=O) groups is 1. The van der Waals surface area contributed by atoms with Gasteiger partial charge in [0.15, 0.2) is 0 Å². The lowest BCUT2D eigenvalue weighted by Crippen LogP contribution is -2.42. The maximum atomic E-state index is 12.8. The Balaban J connectivity index is 1.32. The van der Waals surface area contributed by atoms with Gasteiger partial charge in [0, 0.05) is 50.9 Å². The molecule has 2 aromatic carbocycles. The quantitative estimate of drug-likeness (QED) is 0.840. The molecule has 2 heterocycles. The van der Waals surface area contributed by atoms with Crippen LogP contribution in [0.2, 0.25) is 0 Å². The lowest BCUT2D eigenvalue weighted by molar-refractivity contribution is 0.0343. The molecule has 2 aromatic rings. The first kappa shape index (κ1) is 18.2. The summed E-state index contributed by atoms with van der Waals surface area (Å²) in [6, 6.07) is 10.9. The van der Waals surface area contributed by atoms with Crippen LogP contribution >= 0.6 is 0 Å². The maximum Gasteiger partial charge on any atom is 0.252 e. The van der Waals surface area contributed by atoms with Crippen LogP contribution in [0.3, 0.4) is 0 Å². The molecule has 0 saturated carbocycles. The van der Waals surface area contributed by atoms with Crippen LogP contribution in [0, 0.1) is 0 Å². The van der Waals surface area contributed by atoms with Gasteiger partial charge in [-0.25, -0.2) is 0 Å². The molecule has 2 aliphatic rings. The molecular formula is C21H27N3O3. The van der Waals surface area contributed by atoms with Crippen molar-refractivity contribution in [3.8, 4) is 5.75 Å². The van der Waals surface area contributed by atoms with Gasteiger partial charge in [0.05, 0.1) is 13.2 Å². The van der Waals surface area contributed by atoms with E-state index in [1.807, 2.05) is 24.3 Å². The van der Waals surface area contributed by atoms with E-state index < -0.39 is 0 Å². The number of hydrogen-bond acceptors (Lipinski definition) is 5. The van der Waals surface area contributed by atoms with E-state index in [4.69, 9.17) is 4.74 Å². The molecule has 2 fully saturated rings. The van der Waals surface area contributed by atoms with E-state index in [-0.39, 0.29) is 17.7 Å². The molecule has 0 aromatic heterocycles. The number of amides is 1. The highest BCUT2D eigenvalue weighted by atomic mass is 16.5. The van der Waals surface area contributed by atoms with Gasteiger partial charge in [0.2, 0.25) is 0 Å². The Kier molecular flexibility index (Phi) is 5.57. The third-order valence-corrected chi connectivity index (χ3v) is 5.55. The van der Waals surface area contributed by atoms with Crippen molar-refractivity contribution in [2.75, 3.05) is 52.5 Å². The summed E-state index contributed by atoms with van der Waals surface area (Å²) in [6.45, 7) is 7.75. The molecule has 6 nitrogen and oxygen atoms in total. The van der Waals surface area contributed by atoms with Gasteiger partial charge in [-0.15, -0.1) is 0 Å². The summed E-state index contributed by atoms with van der Waals surface area (Å²) in [7, 11) is 0. The predicted octanol–water partition coefficient (Wildman–Crippen LogP) is 1.68. The molecule has 2 saturated heterocycles. The molecule has 2 aliphatic heterocycles. The molecule has 27 heavy (non-hydrogen) atoms. The number of hydrogen-bond donors (Lipinski definition) is 2. The second-order valence-electron chi connectivity index (χ2n) is 7.42. The average Bonchev–Trinajstić information content (AvgIpc) is 3.13. The first-order valence-electron chi connectivity index (χ1n) is 9.74. The molecule has 4 rings (SSSR count). The van der Waals surface area contributed by atoms with Crippen molar-refractivity contribution in [2.24, 2.45) is 0 Å². The van der Waals surface area contributed by atoms with Crippen molar-refractivity contribution in [3.63, 3.8) is 0 Å². The van der Waals surface area contributed by atoms with Crippen LogP contribution in [0.1, 0.15) is 16.8 Å². The molecule has 2 N–H and O–H groups in total. The number of rotatable bonds is 5. The smallest absolute Gasteiger partial charge is 0.252 e. The summed E-state index contributed by atoms with van der Waals surface area (Å²) in [5.41, 5.74) is 0.666. The Morgan fingerprint density at radius 3 is 2.78 bits per heavy atom. The molecule has 0 spiro atoms. The van der Waals surface area contributed by atoms with E-state index in [0.717, 1.165) is 69.7 Å². The SMILES string of the molecule is O=C(NC1CCN(CCN2CCOCC2)C1)c1cccc2cc(O)ccc12. The second-order valence-corrected chi connectivity index (χ2v) is 7.42. The molecule has 0 radical (unpaired) electrons. The number of phenolic OH excluding ortho intramolecular Hbond substituents is 1. The van der Waals surface area contributed by atoms with Gasteiger partial charge in [0.25, 0.3) is 5.91 Å². The summed E-state index contributed by atoms with van der Waals surface area (Å²) in [6.07, 6.45) is 0.987. The molecule has 1 atom stereocenters. The van der Waals surface area contributed by atoms with Gasteiger partial charge in [-0.1, -0.05) is 12.1 Å². The number of ether oxygens (including phenoxy) is 1. The zero-order chi connectivity index (χ0) is 18.6. The Bertz CT molecular complexity index is 804. The maximum absolute atomic E-state index is 12.8. The Morgan fingerprint density at radius 2 is 1.93 bits per heavy atom. The van der Waals surface area contributed by atoms with Gasteiger partial charge in [-0.3, -0.25) is 14.6 Å². The van der Waals surface area contributed by atoms with Gasteiger partial charge >= 0.3 is 0 Å². The minimum Gasteiger partial charge on any atom is -0.508 e. The van der Waals surface area contributed by atoms with Crippen molar-refractivity contribution in [2.45, 2.75) is 12.5 Å². The van der Waals surface area contributed by atoms with E-state index in [0.29, 0.717) is 5.56 Å². The molecule has 1 unspecified atom stereocenters. The fourth-order valence-corrected chi connectivity index (χ4v) is 3.99. The van der Waals surface area contributed by atoms with Crippen molar-refractivity contribution in [1.82, 2.24) is 15.1 Å². The molecule has 6 heteroatoms. The average molecular weight is 369 g/mol. The van der Waals surface area contributed by atoms with Gasteiger partial charge in [0.1, 0.15) is 5.75 Å². The highest BCUT2D eigenvalue weighted by Crippen LogP contribution is 2.23. The zero-order valence-corrected chi connectivity index (χ0v) is 15.6. The van der Waals surface area contributed by atoms with Crippen LogP contribution in [-0.2, 0) is 4.74 Å². The highest BCUT2D eigenvalue weighted by molar-refractivity contribution is 6.07. The van der Waals surface area contributed by atoms with Crippen LogP contribution in [0.4, 0.5) is 0 Å². The number of likely N-dealkylation sites (tertiary alicyclic amines) is 1. The third kappa shape index (κ3) is 4.40. The number of fused-ring (bicyclic) bond motifs is 1. The van der Waals surface area contributed by atoms with Crippen LogP contribution in [0.15, 0.2) is 36.4 Å². The standard InChI is InChI=1S/C21H27N3O3/c25-18-4-5-19-16(14-18)2-1-3-20(19)21(26)22-17-6-7-24(15-17)9-8-23-10-12-27-13-11-23/h1-5,14,17,25H,6-13,15H2,(H,22,26). The number of aromatic hydroxyl groups is 1. The fourth-order valence-electron chi connectivity index (χ4n) is 3.99. The summed E-state index contributed by atoms with van der Waals surface area (Å²) < 4.78 is 5.39. The Morgan fingerprint density at radius 1 is 1.11 bits per heavy atom. The van der Waals surface area contributed by atoms with Crippen molar-refractivity contribution >= 4 is 16.7 Å². The summed E-state index contributed by atoms with van der Waals surface area (Å²) in [5.74, 6) is 0.179. The third-order valence-electron chi connectivity index (χ3n) is 5.55. The van der Waals surface area contributed by atoms with Crippen molar-refractivity contribution in [1.29, 1.82) is 0 Å². The summed E-state index contributed by atoms with van der Waals surface area (Å²) >= 11 is 0. The topological polar surface area (TPSA) is 65.0 Å². The number of carbonyl (C=O) groups excluding carboxylic acids is 1. The van der Waals surface area contributed by atoms with Gasteiger partial charge in [-0.05, 0) is 41.5 Å². The zero-order valence-electron chi connectivity index (χ0n) is 15.6. The Hall–Kier alpha value is -2.15. The van der Waals surface area contributed by atoms with E-state index in [1.165, 1.54) is 0 Å². The first-order chi connectivity index (χ1) is 13.2. The molecular weight excluding hydrogens is 342 g/mol. The lowest BCUT2D eigenvalue weighted by Gasteiger charge is -2.28. The predicted molar refractivity (Wildman–Crippen MR) is 105 cm³/mol. The molecule has 0 bridgehead atoms. The number of morpholine rings is 1. The van der Waals surface area contributed by atoms with Gasteiger partial charge < -0.3 is 15.2 Å². The summed E-state index contributed by atoms with van der Waals surface area (Å²) in [5, 5.41) is 14.6. The van der Waals surface area contributed by atoms with Crippen LogP contribution < -0.4 is 5.32 Å². The number of nitrogens with zero attached hydrogens (tertiary/aromatic N) is 2. The number of nitrogens with one attached hydrogen (secondary N) is 1. The number of benzene rings is 2. The van der Waals surface area contributed by atoms with Crippen molar-refractivity contribution < 1.29 is 14.6 Å². The first-order valence-corrected chi connectivity index (χ1v) is 9.74.